The van der Waals surface area contributed by atoms with Gasteiger partial charge in [-0.1, -0.05) is 12.1 Å². The normalized spacial score (nSPS) is 19.0. The van der Waals surface area contributed by atoms with Gasteiger partial charge in [-0.15, -0.1) is 11.3 Å². The first-order chi connectivity index (χ1) is 10.4. The van der Waals surface area contributed by atoms with Crippen LogP contribution < -0.4 is 0 Å². The van der Waals surface area contributed by atoms with Crippen LogP contribution in [0.15, 0.2) is 24.3 Å². The molecule has 2 aromatic rings. The average molecular weight is 338 g/mol. The van der Waals surface area contributed by atoms with Crippen molar-refractivity contribution >= 4 is 37.3 Å². The number of fused-ring (bicyclic) bond motifs is 1. The van der Waals surface area contributed by atoms with E-state index in [4.69, 9.17) is 0 Å². The maximum Gasteiger partial charge on any atom is 0.223 e. The molecule has 0 saturated carbocycles. The number of aryl methyl sites for hydroxylation is 1. The molecular formula is C15H18N2O3S2. The van der Waals surface area contributed by atoms with Crippen LogP contribution in [0, 0.1) is 0 Å². The van der Waals surface area contributed by atoms with Gasteiger partial charge in [0.1, 0.15) is 0 Å². The van der Waals surface area contributed by atoms with Crippen molar-refractivity contribution in [3.8, 4) is 0 Å². The molecule has 1 aliphatic rings. The van der Waals surface area contributed by atoms with Gasteiger partial charge >= 0.3 is 0 Å². The fraction of sp³-hybridized carbons (Fsp3) is 0.467. The second-order valence-corrected chi connectivity index (χ2v) is 9.10. The van der Waals surface area contributed by atoms with Gasteiger partial charge in [-0.05, 0) is 18.6 Å². The summed E-state index contributed by atoms with van der Waals surface area (Å²) in [5.41, 5.74) is 0.966. The zero-order chi connectivity index (χ0) is 15.7. The molecule has 1 unspecified atom stereocenters. The molecule has 5 nitrogen and oxygen atoms in total. The van der Waals surface area contributed by atoms with Gasteiger partial charge in [0.25, 0.3) is 0 Å². The molecule has 1 amide bonds. The lowest BCUT2D eigenvalue weighted by Crippen LogP contribution is -2.31. The largest absolute Gasteiger partial charge is 0.341 e. The first kappa shape index (κ1) is 15.4. The number of benzene rings is 1. The molecule has 22 heavy (non-hydrogen) atoms. The molecule has 0 aliphatic carbocycles. The summed E-state index contributed by atoms with van der Waals surface area (Å²) in [7, 11) is -3.06. The molecule has 118 valence electrons. The van der Waals surface area contributed by atoms with Crippen LogP contribution in [0.4, 0.5) is 0 Å². The van der Waals surface area contributed by atoms with Gasteiger partial charge in [-0.25, -0.2) is 13.4 Å². The van der Waals surface area contributed by atoms with Crippen LogP contribution in [0.2, 0.25) is 0 Å². The van der Waals surface area contributed by atoms with Gasteiger partial charge < -0.3 is 4.90 Å². The van der Waals surface area contributed by atoms with Gasteiger partial charge in [-0.3, -0.25) is 4.79 Å². The quantitative estimate of drug-likeness (QED) is 0.853. The van der Waals surface area contributed by atoms with E-state index in [1.807, 2.05) is 24.3 Å². The van der Waals surface area contributed by atoms with E-state index in [1.54, 1.807) is 16.2 Å². The summed E-state index contributed by atoms with van der Waals surface area (Å²) in [5.74, 6) is 0.0189. The summed E-state index contributed by atoms with van der Waals surface area (Å²) < 4.78 is 24.2. The number of likely N-dealkylation sites (tertiary alicyclic amines) is 1. The Bertz CT molecular complexity index is 765. The minimum atomic E-state index is -3.06. The van der Waals surface area contributed by atoms with E-state index in [0.717, 1.165) is 15.2 Å². The predicted octanol–water partition coefficient (Wildman–Crippen LogP) is 1.87. The summed E-state index contributed by atoms with van der Waals surface area (Å²) >= 11 is 1.61. The number of thiazole rings is 1. The van der Waals surface area contributed by atoms with Crippen molar-refractivity contribution in [2.24, 2.45) is 0 Å². The Kier molecular flexibility index (Phi) is 4.18. The summed E-state index contributed by atoms with van der Waals surface area (Å²) in [6, 6.07) is 7.92. The zero-order valence-corrected chi connectivity index (χ0v) is 14.0. The van der Waals surface area contributed by atoms with E-state index in [-0.39, 0.29) is 5.91 Å². The number of carbonyl (C=O) groups is 1. The number of nitrogens with zero attached hydrogens (tertiary/aromatic N) is 2. The fourth-order valence-corrected chi connectivity index (χ4v) is 4.65. The molecule has 0 N–H and O–H groups in total. The van der Waals surface area contributed by atoms with Crippen LogP contribution in [-0.4, -0.2) is 48.8 Å². The van der Waals surface area contributed by atoms with Crippen molar-refractivity contribution in [2.75, 3.05) is 19.3 Å². The molecule has 2 heterocycles. The third kappa shape index (κ3) is 3.30. The lowest BCUT2D eigenvalue weighted by molar-refractivity contribution is -0.130. The van der Waals surface area contributed by atoms with Gasteiger partial charge in [0.15, 0.2) is 9.84 Å². The molecule has 0 spiro atoms. The summed E-state index contributed by atoms with van der Waals surface area (Å²) in [6.07, 6.45) is 2.78. The molecule has 1 aromatic heterocycles. The number of sulfone groups is 1. The Balaban J connectivity index is 1.59. The molecule has 1 saturated heterocycles. The second-order valence-electron chi connectivity index (χ2n) is 5.66. The molecule has 3 rings (SSSR count). The van der Waals surface area contributed by atoms with E-state index in [9.17, 15) is 13.2 Å². The minimum absolute atomic E-state index is 0.0189. The van der Waals surface area contributed by atoms with Crippen LogP contribution in [0.25, 0.3) is 10.2 Å². The van der Waals surface area contributed by atoms with E-state index in [1.165, 1.54) is 6.26 Å². The third-order valence-electron chi connectivity index (χ3n) is 3.99. The van der Waals surface area contributed by atoms with Gasteiger partial charge in [0, 0.05) is 32.2 Å². The summed E-state index contributed by atoms with van der Waals surface area (Å²) in [4.78, 5) is 18.4. The van der Waals surface area contributed by atoms with Crippen molar-refractivity contribution in [1.29, 1.82) is 0 Å². The summed E-state index contributed by atoms with van der Waals surface area (Å²) in [6.45, 7) is 0.869. The van der Waals surface area contributed by atoms with E-state index in [2.05, 4.69) is 4.98 Å². The van der Waals surface area contributed by atoms with Crippen molar-refractivity contribution in [1.82, 2.24) is 9.88 Å². The number of para-hydroxylation sites is 1. The molecule has 1 fully saturated rings. The van der Waals surface area contributed by atoms with Crippen LogP contribution in [-0.2, 0) is 21.1 Å². The molecule has 0 bridgehead atoms. The molecule has 7 heteroatoms. The zero-order valence-electron chi connectivity index (χ0n) is 12.4. The first-order valence-corrected chi connectivity index (χ1v) is 10.0. The second kappa shape index (κ2) is 5.96. The van der Waals surface area contributed by atoms with Gasteiger partial charge in [-0.2, -0.15) is 0 Å². The highest BCUT2D eigenvalue weighted by molar-refractivity contribution is 7.91. The van der Waals surface area contributed by atoms with Crippen molar-refractivity contribution in [2.45, 2.75) is 24.5 Å². The SMILES string of the molecule is CS(=O)(=O)C1CCN(C(=O)CCc2nc3ccccc3s2)C1. The number of amides is 1. The molecule has 1 aliphatic heterocycles. The lowest BCUT2D eigenvalue weighted by atomic mass is 10.3. The van der Waals surface area contributed by atoms with Crippen molar-refractivity contribution < 1.29 is 13.2 Å². The number of rotatable bonds is 4. The molecule has 1 aromatic carbocycles. The van der Waals surface area contributed by atoms with E-state index < -0.39 is 15.1 Å². The Morgan fingerprint density at radius 2 is 2.18 bits per heavy atom. The Morgan fingerprint density at radius 1 is 1.41 bits per heavy atom. The predicted molar refractivity (Wildman–Crippen MR) is 87.8 cm³/mol. The molecule has 0 radical (unpaired) electrons. The van der Waals surface area contributed by atoms with Gasteiger partial charge in [0.05, 0.1) is 20.5 Å². The monoisotopic (exact) mass is 338 g/mol. The Morgan fingerprint density at radius 3 is 2.86 bits per heavy atom. The molecular weight excluding hydrogens is 320 g/mol. The highest BCUT2D eigenvalue weighted by Crippen LogP contribution is 2.23. The highest BCUT2D eigenvalue weighted by Gasteiger charge is 2.32. The maximum atomic E-state index is 12.2. The summed E-state index contributed by atoms with van der Waals surface area (Å²) in [5, 5.41) is 0.548. The Labute approximate surface area is 133 Å². The lowest BCUT2D eigenvalue weighted by Gasteiger charge is -2.15. The number of carbonyl (C=O) groups excluding carboxylic acids is 1. The molecule has 1 atom stereocenters. The number of hydrogen-bond acceptors (Lipinski definition) is 5. The number of hydrogen-bond donors (Lipinski definition) is 0. The van der Waals surface area contributed by atoms with Crippen LogP contribution in [0.1, 0.15) is 17.8 Å². The third-order valence-corrected chi connectivity index (χ3v) is 6.69. The maximum absolute atomic E-state index is 12.2. The topological polar surface area (TPSA) is 67.3 Å². The van der Waals surface area contributed by atoms with Crippen LogP contribution in [0.5, 0.6) is 0 Å². The Hall–Kier alpha value is -1.47. The van der Waals surface area contributed by atoms with Crippen molar-refractivity contribution in [3.63, 3.8) is 0 Å². The average Bonchev–Trinajstić information content (AvgIpc) is 3.10. The standard InChI is InChI=1S/C15H18N2O3S2/c1-22(19,20)11-8-9-17(10-11)15(18)7-6-14-16-12-4-2-3-5-13(12)21-14/h2-5,11H,6-10H2,1H3. The smallest absolute Gasteiger partial charge is 0.223 e. The highest BCUT2D eigenvalue weighted by atomic mass is 32.2. The van der Waals surface area contributed by atoms with E-state index in [0.29, 0.717) is 32.4 Å². The van der Waals surface area contributed by atoms with Crippen LogP contribution in [0.3, 0.4) is 0 Å². The number of aromatic nitrogens is 1. The van der Waals surface area contributed by atoms with Gasteiger partial charge in [0.2, 0.25) is 5.91 Å². The van der Waals surface area contributed by atoms with E-state index >= 15 is 0 Å². The van der Waals surface area contributed by atoms with Crippen molar-refractivity contribution in [3.05, 3.63) is 29.3 Å². The minimum Gasteiger partial charge on any atom is -0.341 e. The van der Waals surface area contributed by atoms with Crippen LogP contribution >= 0.6 is 11.3 Å². The fourth-order valence-electron chi connectivity index (χ4n) is 2.70. The first-order valence-electron chi connectivity index (χ1n) is 7.24.